The first-order valence-corrected chi connectivity index (χ1v) is 12.7. The van der Waals surface area contributed by atoms with Crippen molar-refractivity contribution in [1.82, 2.24) is 10.2 Å². The van der Waals surface area contributed by atoms with Gasteiger partial charge in [0, 0.05) is 13.1 Å². The van der Waals surface area contributed by atoms with Crippen LogP contribution < -0.4 is 14.4 Å². The lowest BCUT2D eigenvalue weighted by Crippen LogP contribution is -2.51. The van der Waals surface area contributed by atoms with Crippen LogP contribution in [0, 0.1) is 6.92 Å². The maximum atomic E-state index is 13.5. The van der Waals surface area contributed by atoms with Crippen molar-refractivity contribution in [3.05, 3.63) is 59.7 Å². The Morgan fingerprint density at radius 1 is 1.09 bits per heavy atom. The van der Waals surface area contributed by atoms with Crippen molar-refractivity contribution in [2.45, 2.75) is 39.8 Å². The number of carbonyl (C=O) groups excluding carboxylic acids is 2. The summed E-state index contributed by atoms with van der Waals surface area (Å²) in [6.07, 6.45) is 1.80. The second kappa shape index (κ2) is 11.7. The molecule has 0 unspecified atom stereocenters. The van der Waals surface area contributed by atoms with E-state index < -0.39 is 28.5 Å². The molecule has 2 amide bonds. The zero-order chi connectivity index (χ0) is 24.6. The van der Waals surface area contributed by atoms with Gasteiger partial charge < -0.3 is 15.0 Å². The molecule has 0 spiro atoms. The standard InChI is InChI=1S/C24H33N3O5S/c1-6-15-25-24(29)19(3)26(16-20-13-11-18(2)12-14-20)23(28)17-27(33(5,30)31)21-9-7-8-10-22(21)32-4/h7-14,19H,6,15-17H2,1-5H3,(H,25,29)/t19-/m1/s1. The molecule has 8 nitrogen and oxygen atoms in total. The molecule has 2 aromatic carbocycles. The summed E-state index contributed by atoms with van der Waals surface area (Å²) in [7, 11) is -2.38. The van der Waals surface area contributed by atoms with E-state index in [1.54, 1.807) is 31.2 Å². The van der Waals surface area contributed by atoms with Gasteiger partial charge in [0.05, 0.1) is 19.1 Å². The van der Waals surface area contributed by atoms with E-state index in [-0.39, 0.29) is 18.1 Å². The van der Waals surface area contributed by atoms with Crippen molar-refractivity contribution in [1.29, 1.82) is 0 Å². The van der Waals surface area contributed by atoms with Gasteiger partial charge in [0.1, 0.15) is 18.3 Å². The van der Waals surface area contributed by atoms with Crippen LogP contribution in [0.5, 0.6) is 5.75 Å². The zero-order valence-electron chi connectivity index (χ0n) is 19.9. The molecule has 180 valence electrons. The van der Waals surface area contributed by atoms with E-state index in [9.17, 15) is 18.0 Å². The molecule has 9 heteroatoms. The van der Waals surface area contributed by atoms with E-state index in [2.05, 4.69) is 5.32 Å². The Balaban J connectivity index is 2.39. The quantitative estimate of drug-likeness (QED) is 0.539. The molecular weight excluding hydrogens is 442 g/mol. The van der Waals surface area contributed by atoms with Gasteiger partial charge >= 0.3 is 0 Å². The summed E-state index contributed by atoms with van der Waals surface area (Å²) < 4.78 is 31.6. The molecule has 0 saturated carbocycles. The van der Waals surface area contributed by atoms with E-state index in [1.807, 2.05) is 38.1 Å². The molecule has 0 bridgehead atoms. The average Bonchev–Trinajstić information content (AvgIpc) is 2.79. The molecule has 1 N–H and O–H groups in total. The number of hydrogen-bond donors (Lipinski definition) is 1. The molecule has 2 aromatic rings. The summed E-state index contributed by atoms with van der Waals surface area (Å²) in [5.74, 6) is -0.457. The first-order chi connectivity index (χ1) is 15.6. The fraction of sp³-hybridized carbons (Fsp3) is 0.417. The number of nitrogens with one attached hydrogen (secondary N) is 1. The lowest BCUT2D eigenvalue weighted by Gasteiger charge is -2.31. The van der Waals surface area contributed by atoms with Gasteiger partial charge in [0.15, 0.2) is 0 Å². The van der Waals surface area contributed by atoms with Gasteiger partial charge in [-0.15, -0.1) is 0 Å². The zero-order valence-corrected chi connectivity index (χ0v) is 20.7. The normalized spacial score (nSPS) is 12.0. The van der Waals surface area contributed by atoms with Crippen molar-refractivity contribution >= 4 is 27.5 Å². The third-order valence-corrected chi connectivity index (χ3v) is 6.35. The number of rotatable bonds is 11. The number of para-hydroxylation sites is 2. The topological polar surface area (TPSA) is 96.0 Å². The predicted octanol–water partition coefficient (Wildman–Crippen LogP) is 2.71. The molecule has 0 aliphatic rings. The largest absolute Gasteiger partial charge is 0.495 e. The maximum absolute atomic E-state index is 13.5. The highest BCUT2D eigenvalue weighted by molar-refractivity contribution is 7.92. The van der Waals surface area contributed by atoms with Crippen LogP contribution in [0.3, 0.4) is 0 Å². The van der Waals surface area contributed by atoms with Crippen molar-refractivity contribution in [2.24, 2.45) is 0 Å². The van der Waals surface area contributed by atoms with Gasteiger partial charge in [-0.25, -0.2) is 8.42 Å². The van der Waals surface area contributed by atoms with Gasteiger partial charge in [-0.2, -0.15) is 0 Å². The van der Waals surface area contributed by atoms with Crippen LogP contribution in [0.4, 0.5) is 5.69 Å². The summed E-state index contributed by atoms with van der Waals surface area (Å²) in [4.78, 5) is 27.6. The minimum Gasteiger partial charge on any atom is -0.495 e. The molecule has 33 heavy (non-hydrogen) atoms. The number of sulfonamides is 1. The number of anilines is 1. The van der Waals surface area contributed by atoms with Gasteiger partial charge in [0.25, 0.3) is 0 Å². The van der Waals surface area contributed by atoms with E-state index in [0.29, 0.717) is 12.3 Å². The first-order valence-electron chi connectivity index (χ1n) is 10.8. The Kier molecular flexibility index (Phi) is 9.28. The Morgan fingerprint density at radius 2 is 1.73 bits per heavy atom. The third-order valence-electron chi connectivity index (χ3n) is 5.22. The average molecular weight is 476 g/mol. The van der Waals surface area contributed by atoms with Crippen molar-refractivity contribution < 1.29 is 22.7 Å². The predicted molar refractivity (Wildman–Crippen MR) is 130 cm³/mol. The van der Waals surface area contributed by atoms with Crippen molar-refractivity contribution in [3.8, 4) is 5.75 Å². The molecule has 0 saturated heterocycles. The summed E-state index contributed by atoms with van der Waals surface area (Å²) in [6.45, 7) is 5.75. The van der Waals surface area contributed by atoms with E-state index >= 15 is 0 Å². The highest BCUT2D eigenvalue weighted by Crippen LogP contribution is 2.29. The SMILES string of the molecule is CCCNC(=O)[C@@H](C)N(Cc1ccc(C)cc1)C(=O)CN(c1ccccc1OC)S(C)(=O)=O. The number of aryl methyl sites for hydroxylation is 1. The molecule has 0 aliphatic heterocycles. The van der Waals surface area contributed by atoms with Crippen molar-refractivity contribution in [3.63, 3.8) is 0 Å². The Hall–Kier alpha value is -3.07. The monoisotopic (exact) mass is 475 g/mol. The molecule has 0 radical (unpaired) electrons. The first kappa shape index (κ1) is 26.2. The fourth-order valence-corrected chi connectivity index (χ4v) is 4.15. The second-order valence-electron chi connectivity index (χ2n) is 7.92. The molecule has 1 atom stereocenters. The van der Waals surface area contributed by atoms with Crippen LogP contribution in [0.2, 0.25) is 0 Å². The molecule has 2 rings (SSSR count). The second-order valence-corrected chi connectivity index (χ2v) is 9.82. The fourth-order valence-electron chi connectivity index (χ4n) is 3.30. The van der Waals surface area contributed by atoms with E-state index in [1.165, 1.54) is 12.0 Å². The van der Waals surface area contributed by atoms with Crippen LogP contribution in [0.15, 0.2) is 48.5 Å². The molecule has 0 fully saturated rings. The number of amides is 2. The van der Waals surface area contributed by atoms with Crippen LogP contribution in [-0.4, -0.2) is 57.6 Å². The van der Waals surface area contributed by atoms with Gasteiger partial charge in [0.2, 0.25) is 21.8 Å². The van der Waals surface area contributed by atoms with Gasteiger partial charge in [-0.1, -0.05) is 48.9 Å². The number of nitrogens with zero attached hydrogens (tertiary/aromatic N) is 2. The van der Waals surface area contributed by atoms with Crippen LogP contribution in [0.1, 0.15) is 31.4 Å². The van der Waals surface area contributed by atoms with Crippen LogP contribution in [-0.2, 0) is 26.2 Å². The number of ether oxygens (including phenoxy) is 1. The maximum Gasteiger partial charge on any atom is 0.244 e. The Bertz CT molecular complexity index is 1050. The molecule has 0 aromatic heterocycles. The summed E-state index contributed by atoms with van der Waals surface area (Å²) >= 11 is 0. The van der Waals surface area contributed by atoms with E-state index in [0.717, 1.165) is 28.1 Å². The number of benzene rings is 2. The van der Waals surface area contributed by atoms with Crippen LogP contribution in [0.25, 0.3) is 0 Å². The third kappa shape index (κ3) is 7.21. The van der Waals surface area contributed by atoms with Gasteiger partial charge in [-0.3, -0.25) is 13.9 Å². The number of hydrogen-bond acceptors (Lipinski definition) is 5. The minimum atomic E-state index is -3.81. The number of carbonyl (C=O) groups is 2. The molecule has 0 aliphatic carbocycles. The smallest absolute Gasteiger partial charge is 0.244 e. The lowest BCUT2D eigenvalue weighted by atomic mass is 10.1. The van der Waals surface area contributed by atoms with Gasteiger partial charge in [-0.05, 0) is 38.0 Å². The molecular formula is C24H33N3O5S. The van der Waals surface area contributed by atoms with Crippen molar-refractivity contribution in [2.75, 3.05) is 30.8 Å². The Morgan fingerprint density at radius 3 is 2.30 bits per heavy atom. The summed E-state index contributed by atoms with van der Waals surface area (Å²) in [5.41, 5.74) is 2.17. The van der Waals surface area contributed by atoms with Crippen LogP contribution >= 0.6 is 0 Å². The lowest BCUT2D eigenvalue weighted by molar-refractivity contribution is -0.139. The minimum absolute atomic E-state index is 0.170. The highest BCUT2D eigenvalue weighted by Gasteiger charge is 2.30. The summed E-state index contributed by atoms with van der Waals surface area (Å²) in [6, 6.07) is 13.4. The molecule has 0 heterocycles. The summed E-state index contributed by atoms with van der Waals surface area (Å²) in [5, 5.41) is 2.81. The van der Waals surface area contributed by atoms with E-state index in [4.69, 9.17) is 4.74 Å². The number of methoxy groups -OCH3 is 1. The highest BCUT2D eigenvalue weighted by atomic mass is 32.2. The Labute approximate surface area is 196 Å².